The normalized spacial score (nSPS) is 20.6. The summed E-state index contributed by atoms with van der Waals surface area (Å²) in [6, 6.07) is 40.2. The van der Waals surface area contributed by atoms with Gasteiger partial charge in [-0.1, -0.05) is 136 Å². The van der Waals surface area contributed by atoms with Crippen LogP contribution in [0.3, 0.4) is 0 Å². The van der Waals surface area contributed by atoms with Crippen molar-refractivity contribution in [3.63, 3.8) is 0 Å². The van der Waals surface area contributed by atoms with Gasteiger partial charge in [-0.2, -0.15) is 0 Å². The molecule has 0 radical (unpaired) electrons. The molecular weight excluding hydrogens is 739 g/mol. The zero-order valence-electron chi connectivity index (χ0n) is 37.5. The summed E-state index contributed by atoms with van der Waals surface area (Å²) in [5, 5.41) is 5.00. The van der Waals surface area contributed by atoms with Crippen molar-refractivity contribution in [2.24, 2.45) is 0 Å². The van der Waals surface area contributed by atoms with Crippen LogP contribution in [0.2, 0.25) is 0 Å². The lowest BCUT2D eigenvalue weighted by atomic mass is 9.40. The number of fused-ring (bicyclic) bond motifs is 14. The molecule has 8 aromatic rings. The van der Waals surface area contributed by atoms with Gasteiger partial charge in [-0.3, -0.25) is 0 Å². The molecule has 0 atom stereocenters. The van der Waals surface area contributed by atoms with Crippen LogP contribution < -0.4 is 10.4 Å². The highest BCUT2D eigenvalue weighted by atomic mass is 16.3. The van der Waals surface area contributed by atoms with E-state index in [0.717, 1.165) is 11.2 Å². The van der Waals surface area contributed by atoms with Crippen molar-refractivity contribution in [2.75, 3.05) is 4.90 Å². The largest absolute Gasteiger partial charge is 0.454 e. The summed E-state index contributed by atoms with van der Waals surface area (Å²) in [6.07, 6.45) is 4.73. The Kier molecular flexibility index (Phi) is 6.60. The van der Waals surface area contributed by atoms with Gasteiger partial charge < -0.3 is 13.8 Å². The predicted octanol–water partition coefficient (Wildman–Crippen LogP) is 14.5. The first kappa shape index (κ1) is 36.2. The van der Waals surface area contributed by atoms with Gasteiger partial charge in [-0.25, -0.2) is 0 Å². The summed E-state index contributed by atoms with van der Waals surface area (Å²) in [5.41, 5.74) is 22.7. The number of furan rings is 1. The van der Waals surface area contributed by atoms with Crippen molar-refractivity contribution >= 4 is 73.1 Å². The Morgan fingerprint density at radius 1 is 0.508 bits per heavy atom. The van der Waals surface area contributed by atoms with E-state index >= 15 is 0 Å². The molecule has 4 heteroatoms. The van der Waals surface area contributed by atoms with Crippen LogP contribution >= 0.6 is 0 Å². The predicted molar refractivity (Wildman–Crippen MR) is 258 cm³/mol. The number of hydrogen-bond donors (Lipinski definition) is 0. The number of hydrogen-bond acceptors (Lipinski definition) is 2. The van der Waals surface area contributed by atoms with E-state index in [-0.39, 0.29) is 33.9 Å². The van der Waals surface area contributed by atoms with Crippen molar-refractivity contribution in [1.82, 2.24) is 4.48 Å². The maximum absolute atomic E-state index is 7.26. The maximum atomic E-state index is 7.26. The fourth-order valence-corrected chi connectivity index (χ4v) is 13.2. The third kappa shape index (κ3) is 4.37. The monoisotopic (exact) mass is 794 g/mol. The molecule has 0 saturated carbocycles. The van der Waals surface area contributed by atoms with Crippen LogP contribution in [0, 0.1) is 0 Å². The maximum Gasteiger partial charge on any atom is 0.329 e. The molecule has 3 aliphatic carbocycles. The molecule has 0 spiro atoms. The molecule has 302 valence electrons. The summed E-state index contributed by atoms with van der Waals surface area (Å²) in [4.78, 5) is 2.71. The highest BCUT2D eigenvalue weighted by Gasteiger charge is 2.55. The lowest BCUT2D eigenvalue weighted by Crippen LogP contribution is -2.52. The van der Waals surface area contributed by atoms with E-state index in [1.165, 1.54) is 131 Å². The lowest BCUT2D eigenvalue weighted by molar-refractivity contribution is 0.331. The Hall–Kier alpha value is -5.48. The van der Waals surface area contributed by atoms with Gasteiger partial charge in [0.05, 0.1) is 5.69 Å². The Bertz CT molecular complexity index is 3360. The summed E-state index contributed by atoms with van der Waals surface area (Å²) in [7, 11) is 0. The first-order valence-corrected chi connectivity index (χ1v) is 22.9. The first-order valence-electron chi connectivity index (χ1n) is 22.9. The molecule has 13 rings (SSSR count). The Morgan fingerprint density at radius 2 is 1.13 bits per heavy atom. The number of aromatic nitrogens is 1. The minimum atomic E-state index is -0.280. The molecule has 0 unspecified atom stereocenters. The number of benzene rings is 6. The molecule has 0 amide bonds. The molecular formula is C57H55BN2O. The van der Waals surface area contributed by atoms with Gasteiger partial charge in [-0.05, 0) is 128 Å². The minimum Gasteiger partial charge on any atom is -0.454 e. The number of allylic oxidation sites excluding steroid dienone is 1. The van der Waals surface area contributed by atoms with Crippen LogP contribution in [0.4, 0.5) is 11.4 Å². The van der Waals surface area contributed by atoms with E-state index in [4.69, 9.17) is 4.42 Å². The zero-order valence-corrected chi connectivity index (χ0v) is 37.5. The summed E-state index contributed by atoms with van der Waals surface area (Å²) in [5.74, 6) is 0. The third-order valence-electron chi connectivity index (χ3n) is 16.9. The molecule has 5 aliphatic rings. The van der Waals surface area contributed by atoms with E-state index in [2.05, 4.69) is 182 Å². The van der Waals surface area contributed by atoms with Crippen molar-refractivity contribution < 1.29 is 4.42 Å². The van der Waals surface area contributed by atoms with Gasteiger partial charge in [-0.15, -0.1) is 0 Å². The van der Waals surface area contributed by atoms with Gasteiger partial charge in [0.2, 0.25) is 0 Å². The highest BCUT2D eigenvalue weighted by molar-refractivity contribution is 6.86. The first-order chi connectivity index (χ1) is 29.0. The average Bonchev–Trinajstić information content (AvgIpc) is 3.85. The molecule has 6 aromatic carbocycles. The van der Waals surface area contributed by atoms with Crippen LogP contribution in [0.5, 0.6) is 0 Å². The van der Waals surface area contributed by atoms with Gasteiger partial charge in [0, 0.05) is 60.5 Å². The number of para-hydroxylation sites is 3. The fourth-order valence-electron chi connectivity index (χ4n) is 13.2. The highest BCUT2D eigenvalue weighted by Crippen LogP contribution is 2.61. The Balaban J connectivity index is 1.25. The third-order valence-corrected chi connectivity index (χ3v) is 16.9. The van der Waals surface area contributed by atoms with E-state index in [1.54, 1.807) is 0 Å². The Morgan fingerprint density at radius 3 is 1.87 bits per heavy atom. The van der Waals surface area contributed by atoms with E-state index in [9.17, 15) is 0 Å². The smallest absolute Gasteiger partial charge is 0.329 e. The number of rotatable bonds is 1. The van der Waals surface area contributed by atoms with Gasteiger partial charge in [0.25, 0.3) is 0 Å². The second kappa shape index (κ2) is 11.1. The fraction of sp³-hybridized carbons (Fsp3) is 0.333. The molecule has 2 aromatic heterocycles. The van der Waals surface area contributed by atoms with Crippen LogP contribution in [-0.4, -0.2) is 11.3 Å². The topological polar surface area (TPSA) is 21.3 Å². The van der Waals surface area contributed by atoms with E-state index in [1.807, 2.05) is 0 Å². The van der Waals surface area contributed by atoms with Crippen molar-refractivity contribution in [3.05, 3.63) is 142 Å². The molecule has 0 fully saturated rings. The molecule has 0 N–H and O–H groups in total. The SMILES string of the molecule is CC1(C)CCC(C)(C)c2cc(N3C4=C(B5c6c(cc7c(oc8ccccc87)c63)-c3cccc6c7ccccc7n5c36)C(C)(C)c3cc5c(cc34)C(C)(C)CCC5(C)C)ccc21. The quantitative estimate of drug-likeness (QED) is 0.154. The van der Waals surface area contributed by atoms with Gasteiger partial charge in [0.15, 0.2) is 5.58 Å². The lowest BCUT2D eigenvalue weighted by Gasteiger charge is -2.45. The van der Waals surface area contributed by atoms with Gasteiger partial charge >= 0.3 is 6.85 Å². The van der Waals surface area contributed by atoms with Crippen molar-refractivity contribution in [2.45, 2.75) is 122 Å². The van der Waals surface area contributed by atoms with Crippen molar-refractivity contribution in [3.8, 4) is 11.1 Å². The molecule has 61 heavy (non-hydrogen) atoms. The minimum absolute atomic E-state index is 0.0420. The summed E-state index contributed by atoms with van der Waals surface area (Å²) >= 11 is 0. The standard InChI is InChI=1S/C57H55BN2O/c1-53(2)24-25-54(3,4)42-28-32(22-23-40(42)53)59-49-39-30-43-44(56(7,8)27-26-55(43,5)6)31-41(39)57(9,10)52(49)58-47-37(29-38-34-17-12-14-21-46(34)61-51(38)50(47)59)36-19-15-18-35-33-16-11-13-20-45(33)60(58)48(35)36/h11-23,28-31H,24-27H2,1-10H3. The van der Waals surface area contributed by atoms with Crippen LogP contribution in [0.15, 0.2) is 113 Å². The summed E-state index contributed by atoms with van der Waals surface area (Å²) < 4.78 is 10.0. The van der Waals surface area contributed by atoms with Crippen LogP contribution in [0.1, 0.15) is 128 Å². The molecule has 2 aliphatic heterocycles. The van der Waals surface area contributed by atoms with Gasteiger partial charge in [0.1, 0.15) is 5.58 Å². The van der Waals surface area contributed by atoms with E-state index in [0.29, 0.717) is 0 Å². The van der Waals surface area contributed by atoms with Crippen LogP contribution in [0.25, 0.3) is 60.6 Å². The second-order valence-corrected chi connectivity index (χ2v) is 22.6. The molecule has 0 bridgehead atoms. The second-order valence-electron chi connectivity index (χ2n) is 22.6. The number of nitrogens with zero attached hydrogens (tertiary/aromatic N) is 2. The Labute approximate surface area is 360 Å². The molecule has 3 nitrogen and oxygen atoms in total. The van der Waals surface area contributed by atoms with Crippen LogP contribution in [-0.2, 0) is 27.1 Å². The zero-order chi connectivity index (χ0) is 41.9. The average molecular weight is 795 g/mol. The molecule has 4 heterocycles. The number of anilines is 2. The van der Waals surface area contributed by atoms with Crippen molar-refractivity contribution in [1.29, 1.82) is 0 Å². The van der Waals surface area contributed by atoms with E-state index < -0.39 is 0 Å². The molecule has 0 saturated heterocycles. The summed E-state index contributed by atoms with van der Waals surface area (Å²) in [6.45, 7) is 24.8.